The van der Waals surface area contributed by atoms with E-state index in [1.165, 1.54) is 31.3 Å². The van der Waals surface area contributed by atoms with Gasteiger partial charge in [-0.15, -0.1) is 0 Å². The molecule has 3 rings (SSSR count). The molecular formula is C23H30F2N3O7PS2. The molecule has 38 heavy (non-hydrogen) atoms. The Balaban J connectivity index is 1.87. The van der Waals surface area contributed by atoms with E-state index < -0.39 is 62.7 Å². The SMILES string of the molecule is CC(C)OC(=O)[C@H](C)NP(=O)(OC[C@@]1(F)O[C@@H](n2ccc(=S)[nH]c2=S)C(C)(F)CC1O)Oc1ccccc1. The summed E-state index contributed by atoms with van der Waals surface area (Å²) >= 11 is 10.2. The number of carbonyl (C=O) groups is 1. The number of alkyl halides is 2. The minimum Gasteiger partial charge on any atom is -0.462 e. The van der Waals surface area contributed by atoms with Crippen LogP contribution in [-0.2, 0) is 23.4 Å². The van der Waals surface area contributed by atoms with E-state index in [0.29, 0.717) is 0 Å². The second-order valence-corrected chi connectivity index (χ2v) is 11.8. The van der Waals surface area contributed by atoms with Crippen LogP contribution in [0.4, 0.5) is 8.78 Å². The molecule has 1 fully saturated rings. The van der Waals surface area contributed by atoms with Gasteiger partial charge in [0.1, 0.15) is 29.1 Å². The first kappa shape index (κ1) is 30.5. The van der Waals surface area contributed by atoms with E-state index in [4.69, 9.17) is 43.0 Å². The molecule has 1 aliphatic heterocycles. The molecule has 1 aliphatic rings. The first-order chi connectivity index (χ1) is 17.6. The normalized spacial score (nSPS) is 27.9. The van der Waals surface area contributed by atoms with E-state index in [9.17, 15) is 14.5 Å². The minimum atomic E-state index is -4.49. The molecule has 210 valence electrons. The van der Waals surface area contributed by atoms with Crippen molar-refractivity contribution in [2.45, 2.75) is 70.1 Å². The predicted molar refractivity (Wildman–Crippen MR) is 139 cm³/mol. The Morgan fingerprint density at radius 2 is 1.95 bits per heavy atom. The number of H-pyrrole nitrogens is 1. The first-order valence-electron chi connectivity index (χ1n) is 11.7. The summed E-state index contributed by atoms with van der Waals surface area (Å²) in [6.07, 6.45) is -3.48. The highest BCUT2D eigenvalue weighted by Crippen LogP contribution is 2.49. The van der Waals surface area contributed by atoms with Gasteiger partial charge in [-0.2, -0.15) is 5.09 Å². The van der Waals surface area contributed by atoms with Crippen molar-refractivity contribution in [1.29, 1.82) is 0 Å². The quantitative estimate of drug-likeness (QED) is 0.195. The summed E-state index contributed by atoms with van der Waals surface area (Å²) in [6.45, 7) is 4.60. The number of halogens is 2. The van der Waals surface area contributed by atoms with Gasteiger partial charge in [-0.3, -0.25) is 13.9 Å². The van der Waals surface area contributed by atoms with Gasteiger partial charge >= 0.3 is 13.7 Å². The minimum absolute atomic E-state index is 0.0386. The third-order valence-electron chi connectivity index (χ3n) is 5.47. The number of aliphatic hydroxyl groups excluding tert-OH is 1. The number of aromatic amines is 1. The maximum absolute atomic E-state index is 16.1. The lowest BCUT2D eigenvalue weighted by Gasteiger charge is -2.45. The van der Waals surface area contributed by atoms with Crippen LogP contribution in [-0.4, -0.2) is 57.0 Å². The third-order valence-corrected chi connectivity index (χ3v) is 7.65. The van der Waals surface area contributed by atoms with E-state index in [2.05, 4.69) is 10.1 Å². The number of hydrogen-bond donors (Lipinski definition) is 3. The fourth-order valence-electron chi connectivity index (χ4n) is 3.61. The standard InChI is InChI=1S/C23H30F2N3O7PS2/c1-14(2)33-19(30)15(3)27-36(31,35-16-8-6-5-7-9-16)32-13-23(25)17(29)12-22(4,24)20(34-23)28-11-10-18(37)26-21(28)38/h5-11,14-15,17,20,29H,12-13H2,1-4H3,(H,27,31)(H,26,37,38)/t15-,17?,20+,22?,23+,36?/m0/s1. The monoisotopic (exact) mass is 593 g/mol. The number of aliphatic hydroxyl groups is 1. The zero-order chi connectivity index (χ0) is 28.3. The zero-order valence-electron chi connectivity index (χ0n) is 21.1. The lowest BCUT2D eigenvalue weighted by molar-refractivity contribution is -0.323. The van der Waals surface area contributed by atoms with Gasteiger partial charge in [-0.25, -0.2) is 13.3 Å². The largest absolute Gasteiger partial charge is 0.462 e. The molecule has 1 aromatic carbocycles. The van der Waals surface area contributed by atoms with E-state index in [0.717, 1.165) is 11.5 Å². The van der Waals surface area contributed by atoms with Gasteiger partial charge in [0.15, 0.2) is 16.7 Å². The van der Waals surface area contributed by atoms with Crippen molar-refractivity contribution in [1.82, 2.24) is 14.6 Å². The van der Waals surface area contributed by atoms with Crippen molar-refractivity contribution in [2.75, 3.05) is 6.61 Å². The lowest BCUT2D eigenvalue weighted by atomic mass is 9.90. The molecule has 2 heterocycles. The maximum atomic E-state index is 16.1. The molecule has 6 atom stereocenters. The van der Waals surface area contributed by atoms with Gasteiger partial charge in [0.2, 0.25) is 0 Å². The molecule has 0 bridgehead atoms. The molecule has 3 N–H and O–H groups in total. The molecular weight excluding hydrogens is 563 g/mol. The Kier molecular flexibility index (Phi) is 9.62. The number of aromatic nitrogens is 2. The zero-order valence-corrected chi connectivity index (χ0v) is 23.7. The number of hydrogen-bond acceptors (Lipinski definition) is 9. The molecule has 0 radical (unpaired) electrons. The Labute approximate surface area is 228 Å². The molecule has 0 saturated carbocycles. The maximum Gasteiger partial charge on any atom is 0.459 e. The Morgan fingerprint density at radius 3 is 2.55 bits per heavy atom. The number of benzene rings is 1. The molecule has 0 amide bonds. The summed E-state index contributed by atoms with van der Waals surface area (Å²) in [6, 6.07) is 8.05. The molecule has 0 aliphatic carbocycles. The molecule has 10 nitrogen and oxygen atoms in total. The number of esters is 1. The Hall–Kier alpha value is -2.06. The second-order valence-electron chi connectivity index (χ2n) is 9.28. The van der Waals surface area contributed by atoms with Crippen LogP contribution in [0.5, 0.6) is 5.75 Å². The fraction of sp³-hybridized carbons (Fsp3) is 0.522. The highest BCUT2D eigenvalue weighted by molar-refractivity contribution is 7.72. The summed E-state index contributed by atoms with van der Waals surface area (Å²) in [5.74, 6) is -3.71. The van der Waals surface area contributed by atoms with Crippen LogP contribution in [0.3, 0.4) is 0 Å². The van der Waals surface area contributed by atoms with Gasteiger partial charge in [0, 0.05) is 12.6 Å². The van der Waals surface area contributed by atoms with Crippen molar-refractivity contribution in [3.63, 3.8) is 0 Å². The molecule has 3 unspecified atom stereocenters. The molecule has 0 spiro atoms. The van der Waals surface area contributed by atoms with E-state index in [-0.39, 0.29) is 15.2 Å². The van der Waals surface area contributed by atoms with E-state index in [1.54, 1.807) is 32.0 Å². The summed E-state index contributed by atoms with van der Waals surface area (Å²) in [5.41, 5.74) is -2.26. The highest BCUT2D eigenvalue weighted by atomic mass is 32.1. The molecule has 2 aromatic rings. The van der Waals surface area contributed by atoms with Gasteiger partial charge in [-0.05, 0) is 58.1 Å². The van der Waals surface area contributed by atoms with Crippen molar-refractivity contribution < 1.29 is 41.8 Å². The van der Waals surface area contributed by atoms with Crippen molar-refractivity contribution in [3.05, 3.63) is 52.0 Å². The van der Waals surface area contributed by atoms with E-state index in [1.807, 2.05) is 0 Å². The molecule has 15 heteroatoms. The number of carbonyl (C=O) groups excluding carboxylic acids is 1. The van der Waals surface area contributed by atoms with Crippen LogP contribution < -0.4 is 9.61 Å². The van der Waals surface area contributed by atoms with Crippen LogP contribution in [0.15, 0.2) is 42.6 Å². The Morgan fingerprint density at radius 1 is 1.29 bits per heavy atom. The van der Waals surface area contributed by atoms with Crippen molar-refractivity contribution in [3.8, 4) is 5.75 Å². The van der Waals surface area contributed by atoms with Crippen LogP contribution >= 0.6 is 32.2 Å². The van der Waals surface area contributed by atoms with E-state index >= 15 is 8.78 Å². The molecule has 1 aromatic heterocycles. The van der Waals surface area contributed by atoms with Crippen molar-refractivity contribution in [2.24, 2.45) is 0 Å². The van der Waals surface area contributed by atoms with Gasteiger partial charge < -0.3 is 24.1 Å². The van der Waals surface area contributed by atoms with Crippen LogP contribution in [0.1, 0.15) is 40.3 Å². The lowest BCUT2D eigenvalue weighted by Crippen LogP contribution is -2.57. The van der Waals surface area contributed by atoms with Crippen LogP contribution in [0.25, 0.3) is 0 Å². The second kappa shape index (κ2) is 12.0. The number of rotatable bonds is 10. The number of para-hydroxylation sites is 1. The number of ether oxygens (including phenoxy) is 2. The fourth-order valence-corrected chi connectivity index (χ4v) is 5.61. The Bertz CT molecular complexity index is 1290. The molecule has 1 saturated heterocycles. The average Bonchev–Trinajstić information content (AvgIpc) is 2.81. The number of nitrogens with zero attached hydrogens (tertiary/aromatic N) is 1. The smallest absolute Gasteiger partial charge is 0.459 e. The highest BCUT2D eigenvalue weighted by Gasteiger charge is 2.57. The summed E-state index contributed by atoms with van der Waals surface area (Å²) in [4.78, 5) is 15.0. The predicted octanol–water partition coefficient (Wildman–Crippen LogP) is 5.08. The summed E-state index contributed by atoms with van der Waals surface area (Å²) in [5, 5.41) is 12.9. The topological polar surface area (TPSA) is 124 Å². The van der Waals surface area contributed by atoms with Gasteiger partial charge in [0.05, 0.1) is 6.10 Å². The van der Waals surface area contributed by atoms with Crippen LogP contribution in [0, 0.1) is 9.41 Å². The number of nitrogens with one attached hydrogen (secondary N) is 2. The average molecular weight is 594 g/mol. The van der Waals surface area contributed by atoms with Gasteiger partial charge in [-0.1, -0.05) is 30.4 Å². The summed E-state index contributed by atoms with van der Waals surface area (Å²) in [7, 11) is -4.49. The summed E-state index contributed by atoms with van der Waals surface area (Å²) < 4.78 is 67.9. The third kappa shape index (κ3) is 7.53. The van der Waals surface area contributed by atoms with Crippen molar-refractivity contribution >= 4 is 38.2 Å². The van der Waals surface area contributed by atoms with Gasteiger partial charge in [0.25, 0.3) is 5.85 Å². The van der Waals surface area contributed by atoms with Crippen LogP contribution in [0.2, 0.25) is 0 Å². The first-order valence-corrected chi connectivity index (χ1v) is 14.0.